The SMILES string of the molecule is COc1ccc(-c2noc(CCC(=O)NC3CCNC3)n2)cc1.Cl. The number of rotatable bonds is 6. The van der Waals surface area contributed by atoms with Gasteiger partial charge in [0.2, 0.25) is 17.6 Å². The summed E-state index contributed by atoms with van der Waals surface area (Å²) < 4.78 is 10.3. The van der Waals surface area contributed by atoms with E-state index >= 15 is 0 Å². The summed E-state index contributed by atoms with van der Waals surface area (Å²) in [5.74, 6) is 1.78. The molecular formula is C16H21ClN4O3. The molecule has 1 aromatic carbocycles. The number of halogens is 1. The van der Waals surface area contributed by atoms with E-state index < -0.39 is 0 Å². The first kappa shape index (κ1) is 18.2. The van der Waals surface area contributed by atoms with Crippen molar-refractivity contribution in [3.05, 3.63) is 30.2 Å². The fourth-order valence-electron chi connectivity index (χ4n) is 2.51. The molecule has 1 atom stereocenters. The maximum absolute atomic E-state index is 11.9. The zero-order chi connectivity index (χ0) is 16.1. The Hall–Kier alpha value is -2.12. The molecule has 0 saturated carbocycles. The first-order valence-electron chi connectivity index (χ1n) is 7.71. The lowest BCUT2D eigenvalue weighted by Gasteiger charge is -2.10. The Labute approximate surface area is 146 Å². The molecule has 130 valence electrons. The van der Waals surface area contributed by atoms with E-state index in [1.807, 2.05) is 24.3 Å². The van der Waals surface area contributed by atoms with Gasteiger partial charge in [0.25, 0.3) is 0 Å². The standard InChI is InChI=1S/C16H20N4O3.ClH/c1-22-13-4-2-11(3-5-13)16-19-15(23-20-16)7-6-14(21)18-12-8-9-17-10-12;/h2-5,12,17H,6-10H2,1H3,(H,18,21);1H. The third-order valence-corrected chi connectivity index (χ3v) is 3.81. The average Bonchev–Trinajstić information content (AvgIpc) is 3.25. The van der Waals surface area contributed by atoms with Crippen molar-refractivity contribution in [2.45, 2.75) is 25.3 Å². The highest BCUT2D eigenvalue weighted by molar-refractivity contribution is 5.85. The van der Waals surface area contributed by atoms with E-state index in [-0.39, 0.29) is 24.4 Å². The van der Waals surface area contributed by atoms with E-state index in [0.717, 1.165) is 30.8 Å². The molecule has 2 N–H and O–H groups in total. The number of hydrogen-bond acceptors (Lipinski definition) is 6. The van der Waals surface area contributed by atoms with Gasteiger partial charge in [0.05, 0.1) is 7.11 Å². The van der Waals surface area contributed by atoms with E-state index in [2.05, 4.69) is 20.8 Å². The Morgan fingerprint density at radius 1 is 1.42 bits per heavy atom. The van der Waals surface area contributed by atoms with Crippen LogP contribution in [-0.2, 0) is 11.2 Å². The van der Waals surface area contributed by atoms with Crippen molar-refractivity contribution >= 4 is 18.3 Å². The van der Waals surface area contributed by atoms with Crippen molar-refractivity contribution < 1.29 is 14.1 Å². The summed E-state index contributed by atoms with van der Waals surface area (Å²) in [5, 5.41) is 10.2. The largest absolute Gasteiger partial charge is 0.497 e. The highest BCUT2D eigenvalue weighted by Gasteiger charge is 2.17. The molecule has 3 rings (SSSR count). The fraction of sp³-hybridized carbons (Fsp3) is 0.438. The minimum Gasteiger partial charge on any atom is -0.497 e. The van der Waals surface area contributed by atoms with Gasteiger partial charge in [-0.1, -0.05) is 5.16 Å². The van der Waals surface area contributed by atoms with Gasteiger partial charge in [0.1, 0.15) is 5.75 Å². The molecule has 8 heteroatoms. The average molecular weight is 353 g/mol. The predicted octanol–water partition coefficient (Wildman–Crippen LogP) is 1.58. The number of carbonyl (C=O) groups excluding carboxylic acids is 1. The fourth-order valence-corrected chi connectivity index (χ4v) is 2.51. The quantitative estimate of drug-likeness (QED) is 0.820. The van der Waals surface area contributed by atoms with Gasteiger partial charge in [0, 0.05) is 31.0 Å². The lowest BCUT2D eigenvalue weighted by atomic mass is 10.2. The van der Waals surface area contributed by atoms with Crippen molar-refractivity contribution in [2.75, 3.05) is 20.2 Å². The maximum atomic E-state index is 11.9. The van der Waals surface area contributed by atoms with Crippen LogP contribution in [0.1, 0.15) is 18.7 Å². The van der Waals surface area contributed by atoms with E-state index in [1.165, 1.54) is 0 Å². The van der Waals surface area contributed by atoms with E-state index in [0.29, 0.717) is 24.6 Å². The smallest absolute Gasteiger partial charge is 0.227 e. The second-order valence-electron chi connectivity index (χ2n) is 5.50. The maximum Gasteiger partial charge on any atom is 0.227 e. The van der Waals surface area contributed by atoms with Gasteiger partial charge in [0.15, 0.2) is 0 Å². The third-order valence-electron chi connectivity index (χ3n) is 3.81. The van der Waals surface area contributed by atoms with Crippen molar-refractivity contribution in [2.24, 2.45) is 0 Å². The lowest BCUT2D eigenvalue weighted by Crippen LogP contribution is -2.36. The van der Waals surface area contributed by atoms with Crippen LogP contribution in [0.3, 0.4) is 0 Å². The summed E-state index contributed by atoms with van der Waals surface area (Å²) in [6.45, 7) is 1.80. The number of nitrogens with zero attached hydrogens (tertiary/aromatic N) is 2. The Morgan fingerprint density at radius 3 is 2.88 bits per heavy atom. The Morgan fingerprint density at radius 2 is 2.21 bits per heavy atom. The van der Waals surface area contributed by atoms with Crippen LogP contribution in [0.15, 0.2) is 28.8 Å². The van der Waals surface area contributed by atoms with Gasteiger partial charge < -0.3 is 19.9 Å². The number of nitrogens with one attached hydrogen (secondary N) is 2. The van der Waals surface area contributed by atoms with Crippen molar-refractivity contribution in [3.63, 3.8) is 0 Å². The second kappa shape index (κ2) is 8.65. The van der Waals surface area contributed by atoms with Crippen LogP contribution in [0.2, 0.25) is 0 Å². The minimum absolute atomic E-state index is 0. The molecule has 2 aromatic rings. The summed E-state index contributed by atoms with van der Waals surface area (Å²) in [7, 11) is 1.62. The molecule has 1 fully saturated rings. The lowest BCUT2D eigenvalue weighted by molar-refractivity contribution is -0.121. The van der Waals surface area contributed by atoms with Crippen molar-refractivity contribution in [3.8, 4) is 17.1 Å². The van der Waals surface area contributed by atoms with Crippen LogP contribution in [0.25, 0.3) is 11.4 Å². The topological polar surface area (TPSA) is 89.3 Å². The van der Waals surface area contributed by atoms with E-state index in [1.54, 1.807) is 7.11 Å². The summed E-state index contributed by atoms with van der Waals surface area (Å²) in [6, 6.07) is 7.66. The van der Waals surface area contributed by atoms with Crippen LogP contribution in [0, 0.1) is 0 Å². The highest BCUT2D eigenvalue weighted by atomic mass is 35.5. The first-order valence-corrected chi connectivity index (χ1v) is 7.71. The monoisotopic (exact) mass is 352 g/mol. The third kappa shape index (κ3) is 4.69. The molecular weight excluding hydrogens is 332 g/mol. The van der Waals surface area contributed by atoms with Crippen LogP contribution in [0.4, 0.5) is 0 Å². The minimum atomic E-state index is 0. The summed E-state index contributed by atoms with van der Waals surface area (Å²) in [4.78, 5) is 16.2. The molecule has 1 aliphatic rings. The molecule has 0 spiro atoms. The molecule has 24 heavy (non-hydrogen) atoms. The first-order chi connectivity index (χ1) is 11.2. The number of benzene rings is 1. The molecule has 0 radical (unpaired) electrons. The zero-order valence-corrected chi connectivity index (χ0v) is 14.3. The van der Waals surface area contributed by atoms with Gasteiger partial charge in [-0.05, 0) is 37.2 Å². The zero-order valence-electron chi connectivity index (χ0n) is 13.4. The summed E-state index contributed by atoms with van der Waals surface area (Å²) >= 11 is 0. The predicted molar refractivity (Wildman–Crippen MR) is 91.3 cm³/mol. The molecule has 1 saturated heterocycles. The molecule has 1 aromatic heterocycles. The molecule has 2 heterocycles. The molecule has 7 nitrogen and oxygen atoms in total. The van der Waals surface area contributed by atoms with Gasteiger partial charge in [-0.2, -0.15) is 4.98 Å². The van der Waals surface area contributed by atoms with Crippen LogP contribution >= 0.6 is 12.4 Å². The second-order valence-corrected chi connectivity index (χ2v) is 5.50. The Kier molecular flexibility index (Phi) is 6.57. The summed E-state index contributed by atoms with van der Waals surface area (Å²) in [5.41, 5.74) is 0.849. The molecule has 0 aliphatic carbocycles. The van der Waals surface area contributed by atoms with Crippen LogP contribution in [0.5, 0.6) is 5.75 Å². The van der Waals surface area contributed by atoms with Crippen molar-refractivity contribution in [1.29, 1.82) is 0 Å². The van der Waals surface area contributed by atoms with Gasteiger partial charge >= 0.3 is 0 Å². The molecule has 1 unspecified atom stereocenters. The molecule has 1 amide bonds. The van der Waals surface area contributed by atoms with Gasteiger partial charge in [-0.15, -0.1) is 12.4 Å². The number of hydrogen-bond donors (Lipinski definition) is 2. The van der Waals surface area contributed by atoms with Crippen molar-refractivity contribution in [1.82, 2.24) is 20.8 Å². The Bertz CT molecular complexity index is 654. The van der Waals surface area contributed by atoms with Crippen LogP contribution in [-0.4, -0.2) is 42.3 Å². The van der Waals surface area contributed by atoms with Gasteiger partial charge in [-0.25, -0.2) is 0 Å². The summed E-state index contributed by atoms with van der Waals surface area (Å²) in [6.07, 6.45) is 1.77. The number of aromatic nitrogens is 2. The van der Waals surface area contributed by atoms with E-state index in [4.69, 9.17) is 9.26 Å². The van der Waals surface area contributed by atoms with Crippen LogP contribution < -0.4 is 15.4 Å². The highest BCUT2D eigenvalue weighted by Crippen LogP contribution is 2.19. The molecule has 1 aliphatic heterocycles. The number of ether oxygens (including phenoxy) is 1. The normalized spacial score (nSPS) is 16.5. The number of methoxy groups -OCH3 is 1. The number of aryl methyl sites for hydroxylation is 1. The number of amides is 1. The Balaban J connectivity index is 0.00000208. The number of carbonyl (C=O) groups is 1. The van der Waals surface area contributed by atoms with E-state index in [9.17, 15) is 4.79 Å². The van der Waals surface area contributed by atoms with Gasteiger partial charge in [-0.3, -0.25) is 4.79 Å². The molecule has 0 bridgehead atoms.